The normalized spacial score (nSPS) is 19.0. The number of hydrogen-bond donors (Lipinski definition) is 2. The lowest BCUT2D eigenvalue weighted by molar-refractivity contribution is -0.138. The van der Waals surface area contributed by atoms with Crippen molar-refractivity contribution in [1.29, 1.82) is 0 Å². The number of carbonyl (C=O) groups is 1. The van der Waals surface area contributed by atoms with E-state index in [0.29, 0.717) is 13.1 Å². The molecule has 1 amide bonds. The summed E-state index contributed by atoms with van der Waals surface area (Å²) in [5.74, 6) is 0.150. The summed E-state index contributed by atoms with van der Waals surface area (Å²) in [7, 11) is 0. The molecule has 2 atom stereocenters. The second-order valence-corrected chi connectivity index (χ2v) is 7.10. The van der Waals surface area contributed by atoms with Crippen molar-refractivity contribution in [2.24, 2.45) is 5.92 Å². The van der Waals surface area contributed by atoms with Gasteiger partial charge in [0.25, 0.3) is 0 Å². The number of amides is 1. The zero-order valence-electron chi connectivity index (χ0n) is 13.7. The summed E-state index contributed by atoms with van der Waals surface area (Å²) in [6, 6.07) is 11.9. The third-order valence-electron chi connectivity index (χ3n) is 4.50. The molecule has 24 heavy (non-hydrogen) atoms. The molecule has 0 bridgehead atoms. The first-order valence-corrected chi connectivity index (χ1v) is 9.42. The van der Waals surface area contributed by atoms with E-state index in [1.54, 1.807) is 11.3 Å². The Labute approximate surface area is 147 Å². The Morgan fingerprint density at radius 2 is 2.17 bits per heavy atom. The van der Waals surface area contributed by atoms with Crippen LogP contribution in [0, 0.1) is 5.92 Å². The highest BCUT2D eigenvalue weighted by atomic mass is 32.1. The van der Waals surface area contributed by atoms with E-state index in [9.17, 15) is 9.90 Å². The lowest BCUT2D eigenvalue weighted by Crippen LogP contribution is -2.44. The Balaban J connectivity index is 1.73. The topological polar surface area (TPSA) is 52.6 Å². The van der Waals surface area contributed by atoms with Gasteiger partial charge in [-0.15, -0.1) is 0 Å². The molecule has 1 aromatic heterocycles. The highest BCUT2D eigenvalue weighted by molar-refractivity contribution is 7.07. The van der Waals surface area contributed by atoms with E-state index in [0.717, 1.165) is 37.1 Å². The largest absolute Gasteiger partial charge is 0.387 e. The molecule has 0 spiro atoms. The summed E-state index contributed by atoms with van der Waals surface area (Å²) >= 11 is 1.56. The molecule has 0 saturated carbocycles. The maximum Gasteiger partial charge on any atom is 0.227 e. The van der Waals surface area contributed by atoms with Gasteiger partial charge in [0.05, 0.1) is 18.6 Å². The molecule has 1 saturated heterocycles. The Kier molecular flexibility index (Phi) is 6.01. The molecule has 3 rings (SSSR count). The summed E-state index contributed by atoms with van der Waals surface area (Å²) in [6.45, 7) is 2.59. The van der Waals surface area contributed by atoms with Gasteiger partial charge in [-0.1, -0.05) is 30.3 Å². The second-order valence-electron chi connectivity index (χ2n) is 6.32. The molecule has 2 heterocycles. The third kappa shape index (κ3) is 4.44. The summed E-state index contributed by atoms with van der Waals surface area (Å²) < 4.78 is 0. The van der Waals surface area contributed by atoms with Gasteiger partial charge in [-0.05, 0) is 47.3 Å². The first-order valence-electron chi connectivity index (χ1n) is 8.47. The van der Waals surface area contributed by atoms with Gasteiger partial charge in [0, 0.05) is 13.1 Å². The van der Waals surface area contributed by atoms with Crippen LogP contribution < -0.4 is 5.32 Å². The molecule has 0 unspecified atom stereocenters. The van der Waals surface area contributed by atoms with Gasteiger partial charge in [-0.3, -0.25) is 4.79 Å². The maximum absolute atomic E-state index is 13.0. The first kappa shape index (κ1) is 17.1. The number of piperidine rings is 1. The van der Waals surface area contributed by atoms with Crippen LogP contribution in [-0.2, 0) is 11.3 Å². The van der Waals surface area contributed by atoms with Crippen molar-refractivity contribution in [1.82, 2.24) is 10.2 Å². The van der Waals surface area contributed by atoms with E-state index < -0.39 is 6.10 Å². The predicted octanol–water partition coefficient (Wildman–Crippen LogP) is 2.81. The summed E-state index contributed by atoms with van der Waals surface area (Å²) in [4.78, 5) is 14.8. The van der Waals surface area contributed by atoms with Crippen LogP contribution in [0.4, 0.5) is 0 Å². The van der Waals surface area contributed by atoms with E-state index >= 15 is 0 Å². The molecule has 1 aliphatic rings. The fourth-order valence-corrected chi connectivity index (χ4v) is 3.84. The number of nitrogens with zero attached hydrogens (tertiary/aromatic N) is 1. The molecule has 0 radical (unpaired) electrons. The molecule has 1 fully saturated rings. The highest BCUT2D eigenvalue weighted by Crippen LogP contribution is 2.21. The highest BCUT2D eigenvalue weighted by Gasteiger charge is 2.27. The molecule has 128 valence electrons. The number of rotatable bonds is 6. The van der Waals surface area contributed by atoms with Crippen molar-refractivity contribution >= 4 is 17.2 Å². The quantitative estimate of drug-likeness (QED) is 0.847. The Bertz CT molecular complexity index is 624. The smallest absolute Gasteiger partial charge is 0.227 e. The number of thiophene rings is 1. The van der Waals surface area contributed by atoms with Crippen LogP contribution in [0.15, 0.2) is 47.2 Å². The Hall–Kier alpha value is -1.69. The summed E-state index contributed by atoms with van der Waals surface area (Å²) in [5.41, 5.74) is 1.97. The SMILES string of the molecule is O=C([C@@H]1CCCNC1)N(Cc1ccccc1)C[C@@H](O)c1ccsc1. The zero-order chi connectivity index (χ0) is 16.8. The van der Waals surface area contributed by atoms with Crippen LogP contribution in [0.3, 0.4) is 0 Å². The minimum Gasteiger partial charge on any atom is -0.387 e. The average Bonchev–Trinajstić information content (AvgIpc) is 3.17. The second kappa shape index (κ2) is 8.42. The number of nitrogens with one attached hydrogen (secondary N) is 1. The number of benzene rings is 1. The number of aliphatic hydroxyl groups is 1. The van der Waals surface area contributed by atoms with E-state index in [2.05, 4.69) is 5.32 Å². The lowest BCUT2D eigenvalue weighted by Gasteiger charge is -2.31. The van der Waals surface area contributed by atoms with Gasteiger partial charge in [-0.25, -0.2) is 0 Å². The standard InChI is InChI=1S/C19H24N2O2S/c22-18(17-8-10-24-14-17)13-21(12-15-5-2-1-3-6-15)19(23)16-7-4-9-20-11-16/h1-3,5-6,8,10,14,16,18,20,22H,4,7,9,11-13H2/t16-,18-/m1/s1. The molecule has 1 aromatic carbocycles. The van der Waals surface area contributed by atoms with Crippen molar-refractivity contribution < 1.29 is 9.90 Å². The Morgan fingerprint density at radius 3 is 2.83 bits per heavy atom. The van der Waals surface area contributed by atoms with Gasteiger partial charge in [-0.2, -0.15) is 11.3 Å². The van der Waals surface area contributed by atoms with Gasteiger partial charge in [0.2, 0.25) is 5.91 Å². The van der Waals surface area contributed by atoms with Crippen molar-refractivity contribution in [2.45, 2.75) is 25.5 Å². The first-order chi connectivity index (χ1) is 11.7. The molecule has 4 nitrogen and oxygen atoms in total. The van der Waals surface area contributed by atoms with Crippen LogP contribution in [0.5, 0.6) is 0 Å². The summed E-state index contributed by atoms with van der Waals surface area (Å²) in [6.07, 6.45) is 1.31. The molecule has 1 aliphatic heterocycles. The van der Waals surface area contributed by atoms with E-state index in [-0.39, 0.29) is 11.8 Å². The van der Waals surface area contributed by atoms with Gasteiger partial charge in [0.15, 0.2) is 0 Å². The van der Waals surface area contributed by atoms with Crippen molar-refractivity contribution in [3.05, 3.63) is 58.3 Å². The van der Waals surface area contributed by atoms with Gasteiger partial charge >= 0.3 is 0 Å². The van der Waals surface area contributed by atoms with Crippen LogP contribution in [0.1, 0.15) is 30.1 Å². The van der Waals surface area contributed by atoms with Crippen LogP contribution >= 0.6 is 11.3 Å². The van der Waals surface area contributed by atoms with Gasteiger partial charge < -0.3 is 15.3 Å². The predicted molar refractivity (Wildman–Crippen MR) is 96.7 cm³/mol. The minimum atomic E-state index is -0.638. The number of carbonyl (C=O) groups excluding carboxylic acids is 1. The van der Waals surface area contributed by atoms with Crippen LogP contribution in [0.2, 0.25) is 0 Å². The molecular weight excluding hydrogens is 320 g/mol. The fourth-order valence-electron chi connectivity index (χ4n) is 3.14. The van der Waals surface area contributed by atoms with Crippen LogP contribution in [-0.4, -0.2) is 35.5 Å². The molecule has 5 heteroatoms. The van der Waals surface area contributed by atoms with Crippen molar-refractivity contribution in [2.75, 3.05) is 19.6 Å². The van der Waals surface area contributed by atoms with Crippen molar-refractivity contribution in [3.63, 3.8) is 0 Å². The zero-order valence-corrected chi connectivity index (χ0v) is 14.5. The Morgan fingerprint density at radius 1 is 1.33 bits per heavy atom. The lowest BCUT2D eigenvalue weighted by atomic mass is 9.97. The molecule has 2 N–H and O–H groups in total. The molecular formula is C19H24N2O2S. The van der Waals surface area contributed by atoms with Gasteiger partial charge in [0.1, 0.15) is 0 Å². The van der Waals surface area contributed by atoms with Crippen molar-refractivity contribution in [3.8, 4) is 0 Å². The minimum absolute atomic E-state index is 0.0112. The number of hydrogen-bond acceptors (Lipinski definition) is 4. The fraction of sp³-hybridized carbons (Fsp3) is 0.421. The molecule has 0 aliphatic carbocycles. The van der Waals surface area contributed by atoms with E-state index in [1.165, 1.54) is 0 Å². The van der Waals surface area contributed by atoms with E-state index in [1.807, 2.05) is 52.1 Å². The summed E-state index contributed by atoms with van der Waals surface area (Å²) in [5, 5.41) is 17.7. The average molecular weight is 344 g/mol. The third-order valence-corrected chi connectivity index (χ3v) is 5.20. The number of aliphatic hydroxyl groups excluding tert-OH is 1. The molecule has 2 aromatic rings. The van der Waals surface area contributed by atoms with Crippen LogP contribution in [0.25, 0.3) is 0 Å². The monoisotopic (exact) mass is 344 g/mol. The maximum atomic E-state index is 13.0. The van der Waals surface area contributed by atoms with E-state index in [4.69, 9.17) is 0 Å².